The molecule has 1 aromatic rings. The second kappa shape index (κ2) is 5.21. The highest BCUT2D eigenvalue weighted by Crippen LogP contribution is 2.25. The van der Waals surface area contributed by atoms with Crippen LogP contribution in [0.5, 0.6) is 5.75 Å². The van der Waals surface area contributed by atoms with Gasteiger partial charge in [-0.1, -0.05) is 12.1 Å². The van der Waals surface area contributed by atoms with Gasteiger partial charge in [0.1, 0.15) is 5.75 Å². The van der Waals surface area contributed by atoms with E-state index in [0.29, 0.717) is 6.42 Å². The van der Waals surface area contributed by atoms with Gasteiger partial charge in [0.05, 0.1) is 13.0 Å². The molecule has 17 heavy (non-hydrogen) atoms. The second-order valence-corrected chi connectivity index (χ2v) is 4.79. The van der Waals surface area contributed by atoms with Gasteiger partial charge in [-0.15, -0.1) is 0 Å². The summed E-state index contributed by atoms with van der Waals surface area (Å²) < 4.78 is 5.55. The van der Waals surface area contributed by atoms with Crippen molar-refractivity contribution in [3.8, 4) is 5.75 Å². The predicted molar refractivity (Wildman–Crippen MR) is 67.2 cm³/mol. The first-order valence-electron chi connectivity index (χ1n) is 6.19. The zero-order chi connectivity index (χ0) is 12.3. The van der Waals surface area contributed by atoms with Gasteiger partial charge in [0, 0.05) is 6.04 Å². The molecule has 0 aromatic heterocycles. The number of benzene rings is 1. The monoisotopic (exact) mass is 233 g/mol. The number of aryl methyl sites for hydroxylation is 1. The van der Waals surface area contributed by atoms with Crippen LogP contribution in [-0.2, 0) is 17.6 Å². The number of rotatable bonds is 3. The molecule has 0 radical (unpaired) electrons. The van der Waals surface area contributed by atoms with Gasteiger partial charge in [0.15, 0.2) is 0 Å². The molecular formula is C14H19NO2. The van der Waals surface area contributed by atoms with Crippen LogP contribution in [0.4, 0.5) is 0 Å². The Morgan fingerprint density at radius 3 is 3.06 bits per heavy atom. The van der Waals surface area contributed by atoms with Crippen LogP contribution >= 0.6 is 0 Å². The van der Waals surface area contributed by atoms with E-state index in [9.17, 15) is 4.79 Å². The van der Waals surface area contributed by atoms with Gasteiger partial charge in [0.2, 0.25) is 5.91 Å². The smallest absolute Gasteiger partial charge is 0.224 e. The Morgan fingerprint density at radius 2 is 2.29 bits per heavy atom. The first-order valence-corrected chi connectivity index (χ1v) is 6.19. The first kappa shape index (κ1) is 12.0. The van der Waals surface area contributed by atoms with Crippen molar-refractivity contribution in [1.82, 2.24) is 5.32 Å². The predicted octanol–water partition coefficient (Wildman–Crippen LogP) is 2.08. The zero-order valence-corrected chi connectivity index (χ0v) is 10.5. The molecule has 1 N–H and O–H groups in total. The van der Waals surface area contributed by atoms with Gasteiger partial charge < -0.3 is 10.1 Å². The molecule has 2 rings (SSSR count). The van der Waals surface area contributed by atoms with Crippen molar-refractivity contribution >= 4 is 5.91 Å². The van der Waals surface area contributed by atoms with Crippen molar-refractivity contribution < 1.29 is 9.53 Å². The fourth-order valence-corrected chi connectivity index (χ4v) is 2.08. The van der Waals surface area contributed by atoms with E-state index in [4.69, 9.17) is 4.74 Å². The number of amides is 1. The minimum absolute atomic E-state index is 0.0803. The normalized spacial score (nSPS) is 14.1. The maximum Gasteiger partial charge on any atom is 0.224 e. The lowest BCUT2D eigenvalue weighted by Gasteiger charge is -2.18. The third kappa shape index (κ3) is 3.22. The third-order valence-electron chi connectivity index (χ3n) is 2.79. The van der Waals surface area contributed by atoms with Gasteiger partial charge in [-0.2, -0.15) is 0 Å². The lowest BCUT2D eigenvalue weighted by molar-refractivity contribution is -0.120. The van der Waals surface area contributed by atoms with Crippen LogP contribution in [0.15, 0.2) is 18.2 Å². The summed E-state index contributed by atoms with van der Waals surface area (Å²) in [5, 5.41) is 2.90. The molecule has 0 atom stereocenters. The summed E-state index contributed by atoms with van der Waals surface area (Å²) in [5.74, 6) is 1.06. The standard InChI is InChI=1S/C14H19NO2/c1-10(2)15-14(16)9-11-5-6-13-12(8-11)4-3-7-17-13/h5-6,8,10H,3-4,7,9H2,1-2H3,(H,15,16). The van der Waals surface area contributed by atoms with Crippen molar-refractivity contribution in [2.24, 2.45) is 0 Å². The molecule has 1 heterocycles. The first-order chi connectivity index (χ1) is 8.15. The highest BCUT2D eigenvalue weighted by atomic mass is 16.5. The third-order valence-corrected chi connectivity index (χ3v) is 2.79. The largest absolute Gasteiger partial charge is 0.493 e. The van der Waals surface area contributed by atoms with Gasteiger partial charge in [-0.25, -0.2) is 0 Å². The number of hydrogen-bond acceptors (Lipinski definition) is 2. The quantitative estimate of drug-likeness (QED) is 0.868. The van der Waals surface area contributed by atoms with Crippen molar-refractivity contribution in [2.75, 3.05) is 6.61 Å². The van der Waals surface area contributed by atoms with E-state index in [2.05, 4.69) is 11.4 Å². The molecule has 0 fully saturated rings. The lowest BCUT2D eigenvalue weighted by atomic mass is 10.0. The molecule has 0 saturated carbocycles. The Kier molecular flexibility index (Phi) is 3.67. The fraction of sp³-hybridized carbons (Fsp3) is 0.500. The summed E-state index contributed by atoms with van der Waals surface area (Å²) in [6, 6.07) is 6.24. The Morgan fingerprint density at radius 1 is 1.47 bits per heavy atom. The molecule has 0 aliphatic carbocycles. The van der Waals surface area contributed by atoms with Crippen LogP contribution < -0.4 is 10.1 Å². The average molecular weight is 233 g/mol. The summed E-state index contributed by atoms with van der Waals surface area (Å²) in [6.07, 6.45) is 2.56. The maximum atomic E-state index is 11.6. The Bertz CT molecular complexity index is 413. The molecule has 92 valence electrons. The van der Waals surface area contributed by atoms with Crippen molar-refractivity contribution in [3.63, 3.8) is 0 Å². The van der Waals surface area contributed by atoms with Gasteiger partial charge >= 0.3 is 0 Å². The number of ether oxygens (including phenoxy) is 1. The molecule has 1 aromatic carbocycles. The van der Waals surface area contributed by atoms with Gasteiger partial charge in [-0.3, -0.25) is 4.79 Å². The fourth-order valence-electron chi connectivity index (χ4n) is 2.08. The maximum absolute atomic E-state index is 11.6. The highest BCUT2D eigenvalue weighted by molar-refractivity contribution is 5.78. The van der Waals surface area contributed by atoms with Crippen LogP contribution in [0.3, 0.4) is 0 Å². The summed E-state index contributed by atoms with van der Waals surface area (Å²) in [5.41, 5.74) is 2.29. The summed E-state index contributed by atoms with van der Waals surface area (Å²) in [6.45, 7) is 4.75. The van der Waals surface area contributed by atoms with Crippen LogP contribution in [0.1, 0.15) is 31.4 Å². The minimum Gasteiger partial charge on any atom is -0.493 e. The molecule has 3 heteroatoms. The molecule has 0 bridgehead atoms. The molecule has 3 nitrogen and oxygen atoms in total. The van der Waals surface area contributed by atoms with E-state index in [1.807, 2.05) is 26.0 Å². The molecule has 1 aliphatic heterocycles. The Labute approximate surface area is 102 Å². The van der Waals surface area contributed by atoms with Gasteiger partial charge in [0.25, 0.3) is 0 Å². The molecule has 1 aliphatic rings. The van der Waals surface area contributed by atoms with Crippen LogP contribution in [-0.4, -0.2) is 18.6 Å². The lowest BCUT2D eigenvalue weighted by Crippen LogP contribution is -2.31. The van der Waals surface area contributed by atoms with Gasteiger partial charge in [-0.05, 0) is 43.9 Å². The number of hydrogen-bond donors (Lipinski definition) is 1. The van der Waals surface area contributed by atoms with E-state index in [0.717, 1.165) is 30.8 Å². The van der Waals surface area contributed by atoms with E-state index in [-0.39, 0.29) is 11.9 Å². The Balaban J connectivity index is 2.04. The van der Waals surface area contributed by atoms with Crippen LogP contribution in [0, 0.1) is 0 Å². The molecule has 0 spiro atoms. The number of carbonyl (C=O) groups excluding carboxylic acids is 1. The summed E-state index contributed by atoms with van der Waals surface area (Å²) >= 11 is 0. The van der Waals surface area contributed by atoms with E-state index >= 15 is 0 Å². The second-order valence-electron chi connectivity index (χ2n) is 4.79. The van der Waals surface area contributed by atoms with Crippen molar-refractivity contribution in [3.05, 3.63) is 29.3 Å². The molecular weight excluding hydrogens is 214 g/mol. The number of fused-ring (bicyclic) bond motifs is 1. The van der Waals surface area contributed by atoms with E-state index < -0.39 is 0 Å². The average Bonchev–Trinajstić information content (AvgIpc) is 2.27. The van der Waals surface area contributed by atoms with Crippen molar-refractivity contribution in [2.45, 2.75) is 39.2 Å². The zero-order valence-electron chi connectivity index (χ0n) is 10.5. The molecule has 0 saturated heterocycles. The van der Waals surface area contributed by atoms with Crippen molar-refractivity contribution in [1.29, 1.82) is 0 Å². The minimum atomic E-state index is 0.0803. The van der Waals surface area contributed by atoms with E-state index in [1.165, 1.54) is 5.56 Å². The number of carbonyl (C=O) groups is 1. The molecule has 1 amide bonds. The SMILES string of the molecule is CC(C)NC(=O)Cc1ccc2c(c1)CCCO2. The number of nitrogens with one attached hydrogen (secondary N) is 1. The highest BCUT2D eigenvalue weighted by Gasteiger charge is 2.12. The van der Waals surface area contributed by atoms with E-state index in [1.54, 1.807) is 0 Å². The topological polar surface area (TPSA) is 38.3 Å². The molecule has 0 unspecified atom stereocenters. The Hall–Kier alpha value is -1.51. The van der Waals surface area contributed by atoms with Crippen LogP contribution in [0.2, 0.25) is 0 Å². The van der Waals surface area contributed by atoms with Crippen LogP contribution in [0.25, 0.3) is 0 Å². The summed E-state index contributed by atoms with van der Waals surface area (Å²) in [7, 11) is 0. The summed E-state index contributed by atoms with van der Waals surface area (Å²) in [4.78, 5) is 11.6.